The second-order valence-electron chi connectivity index (χ2n) is 11.6. The van der Waals surface area contributed by atoms with Gasteiger partial charge in [0, 0.05) is 32.1 Å². The third-order valence-corrected chi connectivity index (χ3v) is 10.4. The van der Waals surface area contributed by atoms with Gasteiger partial charge in [0.15, 0.2) is 0 Å². The average Bonchev–Trinajstić information content (AvgIpc) is 3.12. The lowest BCUT2D eigenvalue weighted by molar-refractivity contribution is -0.158. The molecular weight excluding hydrogens is 398 g/mol. The van der Waals surface area contributed by atoms with Crippen LogP contribution in [0.15, 0.2) is 24.4 Å². The molecule has 4 aliphatic rings. The quantitative estimate of drug-likeness (QED) is 0.697. The molecule has 32 heavy (non-hydrogen) atoms. The summed E-state index contributed by atoms with van der Waals surface area (Å²) in [7, 11) is 2.04. The Labute approximate surface area is 192 Å². The zero-order valence-electron chi connectivity index (χ0n) is 20.0. The van der Waals surface area contributed by atoms with Gasteiger partial charge in [0.2, 0.25) is 11.8 Å². The Hall–Kier alpha value is -1.91. The van der Waals surface area contributed by atoms with Crippen LogP contribution in [-0.4, -0.2) is 34.8 Å². The highest BCUT2D eigenvalue weighted by Gasteiger charge is 2.60. The van der Waals surface area contributed by atoms with Crippen molar-refractivity contribution in [2.24, 2.45) is 34.5 Å². The molecule has 0 aromatic carbocycles. The number of likely N-dealkylation sites (tertiary alicyclic amines) is 1. The van der Waals surface area contributed by atoms with Crippen LogP contribution in [0.25, 0.3) is 0 Å². The number of nitrogens with one attached hydrogen (secondary N) is 1. The largest absolute Gasteiger partial charge is 0.342 e. The summed E-state index contributed by atoms with van der Waals surface area (Å²) < 4.78 is 0. The zero-order valence-corrected chi connectivity index (χ0v) is 20.0. The predicted octanol–water partition coefficient (Wildman–Crippen LogP) is 5.28. The first-order chi connectivity index (χ1) is 15.3. The van der Waals surface area contributed by atoms with E-state index in [9.17, 15) is 9.59 Å². The Bertz CT molecular complexity index is 873. The molecule has 5 nitrogen and oxygen atoms in total. The minimum absolute atomic E-state index is 0.0902. The van der Waals surface area contributed by atoms with Crippen LogP contribution < -0.4 is 5.32 Å². The predicted molar refractivity (Wildman–Crippen MR) is 126 cm³/mol. The van der Waals surface area contributed by atoms with Gasteiger partial charge in [-0.2, -0.15) is 0 Å². The Morgan fingerprint density at radius 2 is 1.91 bits per heavy atom. The van der Waals surface area contributed by atoms with Gasteiger partial charge in [-0.1, -0.05) is 19.9 Å². The molecule has 7 atom stereocenters. The van der Waals surface area contributed by atoms with E-state index in [2.05, 4.69) is 29.0 Å². The minimum Gasteiger partial charge on any atom is -0.342 e. The van der Waals surface area contributed by atoms with E-state index in [1.807, 2.05) is 25.2 Å². The molecule has 3 aliphatic carbocycles. The fraction of sp³-hybridized carbons (Fsp3) is 0.741. The molecule has 0 bridgehead atoms. The van der Waals surface area contributed by atoms with Gasteiger partial charge in [-0.3, -0.25) is 9.59 Å². The molecule has 5 heteroatoms. The van der Waals surface area contributed by atoms with Gasteiger partial charge in [-0.05, 0) is 98.0 Å². The summed E-state index contributed by atoms with van der Waals surface area (Å²) in [6, 6.07) is 6.04. The van der Waals surface area contributed by atoms with Crippen molar-refractivity contribution in [1.29, 1.82) is 0 Å². The Morgan fingerprint density at radius 3 is 2.69 bits per heavy atom. The molecular formula is C27H39N3O2. The fourth-order valence-electron chi connectivity index (χ4n) is 8.68. The number of nitrogens with zero attached hydrogens (tertiary/aromatic N) is 2. The number of carbonyl (C=O) groups is 2. The number of hydrogen-bond donors (Lipinski definition) is 1. The molecule has 1 unspecified atom stereocenters. The monoisotopic (exact) mass is 437 g/mol. The first-order valence-corrected chi connectivity index (χ1v) is 12.8. The van der Waals surface area contributed by atoms with Crippen LogP contribution in [0.4, 0.5) is 5.82 Å². The van der Waals surface area contributed by atoms with Gasteiger partial charge < -0.3 is 10.2 Å². The maximum Gasteiger partial charge on any atom is 0.225 e. The molecule has 1 N–H and O–H groups in total. The van der Waals surface area contributed by atoms with Crippen LogP contribution in [-0.2, 0) is 9.59 Å². The number of pyridine rings is 1. The lowest BCUT2D eigenvalue weighted by Crippen LogP contribution is -2.61. The Kier molecular flexibility index (Phi) is 5.58. The smallest absolute Gasteiger partial charge is 0.225 e. The molecule has 174 valence electrons. The van der Waals surface area contributed by atoms with E-state index < -0.39 is 0 Å². The van der Waals surface area contributed by atoms with Gasteiger partial charge in [-0.15, -0.1) is 0 Å². The number of amides is 2. The van der Waals surface area contributed by atoms with Gasteiger partial charge >= 0.3 is 0 Å². The van der Waals surface area contributed by atoms with E-state index in [1.54, 1.807) is 6.20 Å². The van der Waals surface area contributed by atoms with Crippen molar-refractivity contribution in [1.82, 2.24) is 9.88 Å². The first-order valence-electron chi connectivity index (χ1n) is 12.8. The Morgan fingerprint density at radius 1 is 1.09 bits per heavy atom. The second kappa shape index (κ2) is 8.14. The average molecular weight is 438 g/mol. The van der Waals surface area contributed by atoms with Gasteiger partial charge in [-0.25, -0.2) is 4.98 Å². The lowest BCUT2D eigenvalue weighted by Gasteiger charge is -2.62. The summed E-state index contributed by atoms with van der Waals surface area (Å²) >= 11 is 0. The van der Waals surface area contributed by atoms with Crippen LogP contribution in [0.1, 0.15) is 78.1 Å². The molecule has 4 fully saturated rings. The molecule has 3 saturated carbocycles. The van der Waals surface area contributed by atoms with Crippen molar-refractivity contribution in [3.05, 3.63) is 24.4 Å². The standard InChI is InChI=1S/C27H39N3O2/c1-26-15-13-21-19(9-11-22-27(21,2)16-14-25(32)30(22)3)20(26)10-7-18(26)8-12-24(31)29-23-6-4-5-17-28-23/h4-6,17-22H,7-16H2,1-3H3,(H,28,29,31)/t18-,19+,20+,21+,22?,26-,27-/m1/s1. The molecule has 1 aromatic heterocycles. The summed E-state index contributed by atoms with van der Waals surface area (Å²) in [5.74, 6) is 4.05. The van der Waals surface area contributed by atoms with Crippen molar-refractivity contribution < 1.29 is 9.59 Å². The Balaban J connectivity index is 1.25. The highest BCUT2D eigenvalue weighted by atomic mass is 16.2. The number of piperidine rings is 1. The molecule has 1 aliphatic heterocycles. The molecule has 2 heterocycles. The number of anilines is 1. The molecule has 1 aromatic rings. The number of rotatable bonds is 4. The van der Waals surface area contributed by atoms with Crippen LogP contribution in [0.3, 0.4) is 0 Å². The van der Waals surface area contributed by atoms with Crippen molar-refractivity contribution in [2.75, 3.05) is 12.4 Å². The number of hydrogen-bond acceptors (Lipinski definition) is 3. The fourth-order valence-corrected chi connectivity index (χ4v) is 8.68. The van der Waals surface area contributed by atoms with Crippen LogP contribution in [0.5, 0.6) is 0 Å². The number of fused-ring (bicyclic) bond motifs is 5. The summed E-state index contributed by atoms with van der Waals surface area (Å²) in [5.41, 5.74) is 0.652. The van der Waals surface area contributed by atoms with Gasteiger partial charge in [0.05, 0.1) is 0 Å². The van der Waals surface area contributed by atoms with Crippen LogP contribution in [0.2, 0.25) is 0 Å². The molecule has 0 radical (unpaired) electrons. The van der Waals surface area contributed by atoms with E-state index in [-0.39, 0.29) is 11.3 Å². The molecule has 0 spiro atoms. The van der Waals surface area contributed by atoms with E-state index in [0.29, 0.717) is 35.5 Å². The third kappa shape index (κ3) is 3.47. The normalized spacial score (nSPS) is 40.9. The van der Waals surface area contributed by atoms with E-state index in [0.717, 1.165) is 37.0 Å². The summed E-state index contributed by atoms with van der Waals surface area (Å²) in [6.07, 6.45) is 12.7. The SMILES string of the molecule is CN1C(=O)CC[C@@]2(C)C1CC[C@H]1[C@@H]3CC[C@H](CCC(=O)Nc4ccccn4)[C@@]3(C)CC[C@@H]12. The maximum atomic E-state index is 12.5. The molecule has 2 amide bonds. The zero-order chi connectivity index (χ0) is 22.5. The topological polar surface area (TPSA) is 62.3 Å². The van der Waals surface area contributed by atoms with Crippen LogP contribution in [0, 0.1) is 34.5 Å². The van der Waals surface area contributed by atoms with Gasteiger partial charge in [0.25, 0.3) is 0 Å². The number of carbonyl (C=O) groups excluding carboxylic acids is 2. The highest BCUT2D eigenvalue weighted by Crippen LogP contribution is 2.66. The van der Waals surface area contributed by atoms with Crippen molar-refractivity contribution in [2.45, 2.75) is 84.1 Å². The lowest BCUT2D eigenvalue weighted by atomic mass is 9.46. The van der Waals surface area contributed by atoms with E-state index >= 15 is 0 Å². The molecule has 1 saturated heterocycles. The summed E-state index contributed by atoms with van der Waals surface area (Å²) in [6.45, 7) is 5.03. The third-order valence-electron chi connectivity index (χ3n) is 10.4. The summed E-state index contributed by atoms with van der Waals surface area (Å²) in [5, 5.41) is 2.96. The van der Waals surface area contributed by atoms with Crippen molar-refractivity contribution in [3.63, 3.8) is 0 Å². The minimum atomic E-state index is 0.0902. The number of aromatic nitrogens is 1. The van der Waals surface area contributed by atoms with Gasteiger partial charge in [0.1, 0.15) is 5.82 Å². The van der Waals surface area contributed by atoms with E-state index in [1.165, 1.54) is 38.5 Å². The van der Waals surface area contributed by atoms with Crippen LogP contribution >= 0.6 is 0 Å². The second-order valence-corrected chi connectivity index (χ2v) is 11.6. The molecule has 5 rings (SSSR count). The van der Waals surface area contributed by atoms with Crippen molar-refractivity contribution in [3.8, 4) is 0 Å². The summed E-state index contributed by atoms with van der Waals surface area (Å²) in [4.78, 5) is 31.2. The first kappa shape index (κ1) is 21.9. The van der Waals surface area contributed by atoms with E-state index in [4.69, 9.17) is 0 Å². The van der Waals surface area contributed by atoms with Crippen molar-refractivity contribution >= 4 is 17.6 Å². The maximum absolute atomic E-state index is 12.5. The highest BCUT2D eigenvalue weighted by molar-refractivity contribution is 5.89.